The first-order chi connectivity index (χ1) is 7.52. The molecule has 0 fully saturated rings. The van der Waals surface area contributed by atoms with Crippen molar-refractivity contribution in [2.75, 3.05) is 18.1 Å². The van der Waals surface area contributed by atoms with Crippen LogP contribution in [0.2, 0.25) is 0 Å². The predicted octanol–water partition coefficient (Wildman–Crippen LogP) is 0.940. The summed E-state index contributed by atoms with van der Waals surface area (Å²) in [6, 6.07) is 1.90. The van der Waals surface area contributed by atoms with Gasteiger partial charge in [0.05, 0.1) is 5.69 Å². The van der Waals surface area contributed by atoms with Crippen LogP contribution in [0.5, 0.6) is 0 Å². The SMILES string of the molecule is CCNc1cc2c(nn1)C(S(C)(=O)=O)CC2. The number of sulfone groups is 1. The third kappa shape index (κ3) is 2.02. The van der Waals surface area contributed by atoms with Crippen LogP contribution >= 0.6 is 0 Å². The molecule has 2 rings (SSSR count). The number of anilines is 1. The van der Waals surface area contributed by atoms with E-state index in [1.54, 1.807) is 0 Å². The lowest BCUT2D eigenvalue weighted by Gasteiger charge is -2.08. The predicted molar refractivity (Wildman–Crippen MR) is 62.1 cm³/mol. The summed E-state index contributed by atoms with van der Waals surface area (Å²) in [6.07, 6.45) is 2.64. The van der Waals surface area contributed by atoms with Crippen LogP contribution in [0.25, 0.3) is 0 Å². The van der Waals surface area contributed by atoms with E-state index in [9.17, 15) is 8.42 Å². The average Bonchev–Trinajstić information content (AvgIpc) is 2.60. The monoisotopic (exact) mass is 241 g/mol. The Kier molecular flexibility index (Phi) is 2.84. The molecule has 1 aromatic heterocycles. The molecule has 1 aliphatic carbocycles. The van der Waals surface area contributed by atoms with E-state index in [-0.39, 0.29) is 0 Å². The molecule has 1 unspecified atom stereocenters. The summed E-state index contributed by atoms with van der Waals surface area (Å²) in [6.45, 7) is 2.76. The van der Waals surface area contributed by atoms with Crippen molar-refractivity contribution in [1.29, 1.82) is 0 Å². The second kappa shape index (κ2) is 4.01. The lowest BCUT2D eigenvalue weighted by molar-refractivity contribution is 0.585. The molecule has 0 radical (unpaired) electrons. The van der Waals surface area contributed by atoms with Gasteiger partial charge in [0.1, 0.15) is 11.1 Å². The van der Waals surface area contributed by atoms with Gasteiger partial charge in [-0.25, -0.2) is 8.42 Å². The van der Waals surface area contributed by atoms with E-state index < -0.39 is 15.1 Å². The number of nitrogens with zero attached hydrogens (tertiary/aromatic N) is 2. The Hall–Kier alpha value is -1.17. The zero-order chi connectivity index (χ0) is 11.8. The summed E-state index contributed by atoms with van der Waals surface area (Å²) < 4.78 is 23.0. The zero-order valence-electron chi connectivity index (χ0n) is 9.40. The van der Waals surface area contributed by atoms with Crippen LogP contribution in [0, 0.1) is 0 Å². The lowest BCUT2D eigenvalue weighted by atomic mass is 10.2. The van der Waals surface area contributed by atoms with Gasteiger partial charge in [0.15, 0.2) is 9.84 Å². The number of rotatable bonds is 3. The van der Waals surface area contributed by atoms with Crippen molar-refractivity contribution in [2.24, 2.45) is 0 Å². The van der Waals surface area contributed by atoms with E-state index in [1.807, 2.05) is 13.0 Å². The van der Waals surface area contributed by atoms with E-state index in [0.717, 1.165) is 24.3 Å². The molecular formula is C10H15N3O2S. The Morgan fingerprint density at radius 1 is 1.50 bits per heavy atom. The molecule has 0 aromatic carbocycles. The van der Waals surface area contributed by atoms with Gasteiger partial charge in [-0.2, -0.15) is 5.10 Å². The quantitative estimate of drug-likeness (QED) is 0.852. The molecule has 1 atom stereocenters. The molecule has 1 aliphatic rings. The van der Waals surface area contributed by atoms with Gasteiger partial charge in [-0.05, 0) is 31.4 Å². The van der Waals surface area contributed by atoms with Gasteiger partial charge in [-0.1, -0.05) is 0 Å². The first kappa shape index (κ1) is 11.3. The van der Waals surface area contributed by atoms with E-state index in [1.165, 1.54) is 6.26 Å². The molecule has 0 aliphatic heterocycles. The van der Waals surface area contributed by atoms with Crippen LogP contribution in [0.4, 0.5) is 5.82 Å². The van der Waals surface area contributed by atoms with Crippen LogP contribution in [0.3, 0.4) is 0 Å². The Bertz CT molecular complexity index is 499. The zero-order valence-corrected chi connectivity index (χ0v) is 10.2. The highest BCUT2D eigenvalue weighted by Crippen LogP contribution is 2.35. The number of nitrogens with one attached hydrogen (secondary N) is 1. The summed E-state index contributed by atoms with van der Waals surface area (Å²) in [5, 5.41) is 10.6. The van der Waals surface area contributed by atoms with Crippen LogP contribution in [0.15, 0.2) is 6.07 Å². The Balaban J connectivity index is 2.36. The van der Waals surface area contributed by atoms with Gasteiger partial charge in [0, 0.05) is 12.8 Å². The highest BCUT2D eigenvalue weighted by Gasteiger charge is 2.32. The molecule has 88 valence electrons. The fourth-order valence-electron chi connectivity index (χ4n) is 2.02. The first-order valence-corrected chi connectivity index (χ1v) is 7.27. The molecule has 0 bridgehead atoms. The molecule has 5 nitrogen and oxygen atoms in total. The maximum absolute atomic E-state index is 11.5. The number of hydrogen-bond donors (Lipinski definition) is 1. The molecule has 0 saturated heterocycles. The summed E-state index contributed by atoms with van der Waals surface area (Å²) in [5.74, 6) is 0.718. The van der Waals surface area contributed by atoms with Gasteiger partial charge in [0.25, 0.3) is 0 Å². The smallest absolute Gasteiger partial charge is 0.156 e. The third-order valence-corrected chi connectivity index (χ3v) is 4.25. The Morgan fingerprint density at radius 3 is 2.88 bits per heavy atom. The van der Waals surface area contributed by atoms with Crippen molar-refractivity contribution in [3.05, 3.63) is 17.3 Å². The van der Waals surface area contributed by atoms with Crippen LogP contribution in [-0.2, 0) is 16.3 Å². The molecule has 0 amide bonds. The van der Waals surface area contributed by atoms with E-state index >= 15 is 0 Å². The topological polar surface area (TPSA) is 72.0 Å². The maximum atomic E-state index is 11.5. The molecule has 16 heavy (non-hydrogen) atoms. The van der Waals surface area contributed by atoms with Crippen LogP contribution in [-0.4, -0.2) is 31.4 Å². The highest BCUT2D eigenvalue weighted by atomic mass is 32.2. The number of aryl methyl sites for hydroxylation is 1. The minimum Gasteiger partial charge on any atom is -0.369 e. The Labute approximate surface area is 95.2 Å². The molecule has 6 heteroatoms. The molecule has 1 N–H and O–H groups in total. The van der Waals surface area contributed by atoms with Crippen molar-refractivity contribution in [3.63, 3.8) is 0 Å². The fourth-order valence-corrected chi connectivity index (χ4v) is 3.17. The van der Waals surface area contributed by atoms with E-state index in [4.69, 9.17) is 0 Å². The molecule has 0 spiro atoms. The fraction of sp³-hybridized carbons (Fsp3) is 0.600. The van der Waals surface area contributed by atoms with E-state index in [2.05, 4.69) is 15.5 Å². The Morgan fingerprint density at radius 2 is 2.25 bits per heavy atom. The largest absolute Gasteiger partial charge is 0.369 e. The summed E-state index contributed by atoms with van der Waals surface area (Å²) in [4.78, 5) is 0. The van der Waals surface area contributed by atoms with Gasteiger partial charge < -0.3 is 5.32 Å². The van der Waals surface area contributed by atoms with Crippen molar-refractivity contribution in [3.8, 4) is 0 Å². The van der Waals surface area contributed by atoms with Crippen molar-refractivity contribution >= 4 is 15.7 Å². The summed E-state index contributed by atoms with van der Waals surface area (Å²) in [7, 11) is -3.06. The van der Waals surface area contributed by atoms with E-state index in [0.29, 0.717) is 12.1 Å². The second-order valence-electron chi connectivity index (χ2n) is 4.03. The number of aromatic nitrogens is 2. The third-order valence-electron chi connectivity index (χ3n) is 2.76. The van der Waals surface area contributed by atoms with Gasteiger partial charge >= 0.3 is 0 Å². The molecule has 0 saturated carbocycles. The van der Waals surface area contributed by atoms with Crippen molar-refractivity contribution in [2.45, 2.75) is 25.0 Å². The lowest BCUT2D eigenvalue weighted by Crippen LogP contribution is -2.11. The molecule has 1 aromatic rings. The molecule has 1 heterocycles. The van der Waals surface area contributed by atoms with Gasteiger partial charge in [-0.3, -0.25) is 0 Å². The standard InChI is InChI=1S/C10H15N3O2S/c1-3-11-9-6-7-4-5-8(16(2,14)15)10(7)13-12-9/h6,8H,3-5H2,1-2H3,(H,11,12). The normalized spacial score (nSPS) is 19.5. The number of hydrogen-bond acceptors (Lipinski definition) is 5. The average molecular weight is 241 g/mol. The molecular weight excluding hydrogens is 226 g/mol. The van der Waals surface area contributed by atoms with Crippen LogP contribution < -0.4 is 5.32 Å². The van der Waals surface area contributed by atoms with Gasteiger partial charge in [-0.15, -0.1) is 5.10 Å². The number of fused-ring (bicyclic) bond motifs is 1. The van der Waals surface area contributed by atoms with Crippen LogP contribution in [0.1, 0.15) is 29.9 Å². The first-order valence-electron chi connectivity index (χ1n) is 5.31. The maximum Gasteiger partial charge on any atom is 0.156 e. The summed E-state index contributed by atoms with van der Waals surface area (Å²) >= 11 is 0. The highest BCUT2D eigenvalue weighted by molar-refractivity contribution is 7.90. The van der Waals surface area contributed by atoms with Crippen molar-refractivity contribution in [1.82, 2.24) is 10.2 Å². The minimum absolute atomic E-state index is 0.467. The minimum atomic E-state index is -3.06. The van der Waals surface area contributed by atoms with Crippen molar-refractivity contribution < 1.29 is 8.42 Å². The second-order valence-corrected chi connectivity index (χ2v) is 6.26. The van der Waals surface area contributed by atoms with Gasteiger partial charge in [0.2, 0.25) is 0 Å². The summed E-state index contributed by atoms with van der Waals surface area (Å²) in [5.41, 5.74) is 1.63.